The number of hydrogen-bond acceptors (Lipinski definition) is 5. The second kappa shape index (κ2) is 10.8. The van der Waals surface area contributed by atoms with Gasteiger partial charge in [-0.15, -0.1) is 0 Å². The maximum Gasteiger partial charge on any atom is 0.225 e. The molecule has 156 valence electrons. The fourth-order valence-corrected chi connectivity index (χ4v) is 4.69. The van der Waals surface area contributed by atoms with E-state index in [0.717, 1.165) is 56.8 Å². The maximum absolute atomic E-state index is 12.7. The normalized spacial score (nSPS) is 24.6. The van der Waals surface area contributed by atoms with Crippen molar-refractivity contribution in [1.29, 1.82) is 0 Å². The molecule has 1 unspecified atom stereocenters. The Morgan fingerprint density at radius 3 is 2.75 bits per heavy atom. The molecule has 2 fully saturated rings. The van der Waals surface area contributed by atoms with Gasteiger partial charge >= 0.3 is 0 Å². The van der Waals surface area contributed by atoms with E-state index in [1.807, 2.05) is 18.7 Å². The lowest BCUT2D eigenvalue weighted by Gasteiger charge is -2.34. The van der Waals surface area contributed by atoms with Gasteiger partial charge in [0.25, 0.3) is 0 Å². The molecule has 28 heavy (non-hydrogen) atoms. The third-order valence-electron chi connectivity index (χ3n) is 5.38. The van der Waals surface area contributed by atoms with Crippen molar-refractivity contribution < 1.29 is 14.3 Å². The molecule has 1 saturated carbocycles. The Bertz CT molecular complexity index is 623. The number of carbonyl (C=O) groups is 1. The molecular weight excluding hydrogens is 376 g/mol. The van der Waals surface area contributed by atoms with Crippen molar-refractivity contribution in [3.05, 3.63) is 24.2 Å². The standard InChI is InChI=1S/C20H32N4O3S/c1-2-21-20(22-14-17(25)18-4-3-11-27-18)23-16-7-5-15(6-8-16)19(26)24-9-12-28-13-10-24/h3-4,11,15-17,25H,2,5-10,12-14H2,1H3,(H2,21,22,23). The fraction of sp³-hybridized carbons (Fsp3) is 0.700. The molecule has 3 rings (SSSR count). The van der Waals surface area contributed by atoms with Crippen LogP contribution in [0.1, 0.15) is 44.5 Å². The van der Waals surface area contributed by atoms with Crippen molar-refractivity contribution in [1.82, 2.24) is 15.5 Å². The molecule has 0 spiro atoms. The largest absolute Gasteiger partial charge is 0.467 e. The Morgan fingerprint density at radius 2 is 2.11 bits per heavy atom. The monoisotopic (exact) mass is 408 g/mol. The first-order valence-corrected chi connectivity index (χ1v) is 11.5. The molecule has 1 atom stereocenters. The van der Waals surface area contributed by atoms with Crippen molar-refractivity contribution in [2.24, 2.45) is 10.9 Å². The summed E-state index contributed by atoms with van der Waals surface area (Å²) in [5.74, 6) is 3.87. The van der Waals surface area contributed by atoms with E-state index >= 15 is 0 Å². The van der Waals surface area contributed by atoms with Gasteiger partial charge in [-0.1, -0.05) is 0 Å². The topological polar surface area (TPSA) is 90.1 Å². The van der Waals surface area contributed by atoms with Crippen molar-refractivity contribution in [3.8, 4) is 0 Å². The Kier molecular flexibility index (Phi) is 8.09. The molecule has 0 aromatic carbocycles. The third-order valence-corrected chi connectivity index (χ3v) is 6.32. The highest BCUT2D eigenvalue weighted by molar-refractivity contribution is 7.99. The zero-order valence-corrected chi connectivity index (χ0v) is 17.4. The van der Waals surface area contributed by atoms with E-state index in [-0.39, 0.29) is 12.5 Å². The number of amides is 1. The predicted molar refractivity (Wildman–Crippen MR) is 112 cm³/mol. The van der Waals surface area contributed by atoms with Crippen LogP contribution >= 0.6 is 11.8 Å². The van der Waals surface area contributed by atoms with Crippen LogP contribution in [0.15, 0.2) is 27.8 Å². The predicted octanol–water partition coefficient (Wildman–Crippen LogP) is 2.00. The average molecular weight is 409 g/mol. The smallest absolute Gasteiger partial charge is 0.225 e. The summed E-state index contributed by atoms with van der Waals surface area (Å²) < 4.78 is 5.22. The minimum absolute atomic E-state index is 0.168. The molecule has 8 heteroatoms. The molecule has 7 nitrogen and oxygen atoms in total. The van der Waals surface area contributed by atoms with Crippen LogP contribution in [-0.2, 0) is 4.79 Å². The molecule has 1 aliphatic carbocycles. The number of thioether (sulfide) groups is 1. The first kappa shape index (κ1) is 21.0. The number of nitrogens with one attached hydrogen (secondary N) is 2. The zero-order valence-electron chi connectivity index (χ0n) is 16.6. The molecule has 0 bridgehead atoms. The van der Waals surface area contributed by atoms with Crippen LogP contribution in [0.4, 0.5) is 0 Å². The van der Waals surface area contributed by atoms with E-state index in [1.54, 1.807) is 18.4 Å². The van der Waals surface area contributed by atoms with Crippen molar-refractivity contribution in [2.75, 3.05) is 37.7 Å². The molecule has 0 radical (unpaired) electrons. The van der Waals surface area contributed by atoms with E-state index in [2.05, 4.69) is 20.5 Å². The number of guanidine groups is 1. The SMILES string of the molecule is CCNC(=NCC(O)c1ccco1)NC1CCC(C(=O)N2CCSCC2)CC1. The fourth-order valence-electron chi connectivity index (χ4n) is 3.79. The van der Waals surface area contributed by atoms with Gasteiger partial charge in [0, 0.05) is 43.1 Å². The third kappa shape index (κ3) is 5.91. The highest BCUT2D eigenvalue weighted by Gasteiger charge is 2.30. The molecule has 1 amide bonds. The van der Waals surface area contributed by atoms with Crippen molar-refractivity contribution in [3.63, 3.8) is 0 Å². The summed E-state index contributed by atoms with van der Waals surface area (Å²) >= 11 is 1.93. The van der Waals surface area contributed by atoms with Gasteiger partial charge in [0.1, 0.15) is 11.9 Å². The average Bonchev–Trinajstić information content (AvgIpc) is 3.28. The van der Waals surface area contributed by atoms with Crippen LogP contribution in [0.25, 0.3) is 0 Å². The number of aliphatic hydroxyl groups excluding tert-OH is 1. The molecule has 1 saturated heterocycles. The van der Waals surface area contributed by atoms with E-state index in [1.165, 1.54) is 0 Å². The summed E-state index contributed by atoms with van der Waals surface area (Å²) in [5, 5.41) is 16.9. The Hall–Kier alpha value is -1.67. The molecule has 1 aromatic rings. The lowest BCUT2D eigenvalue weighted by molar-refractivity contribution is -0.136. The van der Waals surface area contributed by atoms with E-state index in [9.17, 15) is 9.90 Å². The second-order valence-electron chi connectivity index (χ2n) is 7.38. The van der Waals surface area contributed by atoms with Crippen molar-refractivity contribution >= 4 is 23.6 Å². The van der Waals surface area contributed by atoms with Gasteiger partial charge in [-0.3, -0.25) is 9.79 Å². The lowest BCUT2D eigenvalue weighted by atomic mass is 9.85. The second-order valence-corrected chi connectivity index (χ2v) is 8.61. The summed E-state index contributed by atoms with van der Waals surface area (Å²) in [6.07, 6.45) is 4.58. The summed E-state index contributed by atoms with van der Waals surface area (Å²) in [6, 6.07) is 3.81. The van der Waals surface area contributed by atoms with Crippen LogP contribution in [0, 0.1) is 5.92 Å². The van der Waals surface area contributed by atoms with E-state index in [0.29, 0.717) is 23.7 Å². The Labute approximate surface area is 171 Å². The molecule has 3 N–H and O–H groups in total. The van der Waals surface area contributed by atoms with E-state index < -0.39 is 6.10 Å². The zero-order chi connectivity index (χ0) is 19.8. The summed E-state index contributed by atoms with van der Waals surface area (Å²) in [7, 11) is 0. The van der Waals surface area contributed by atoms with Gasteiger partial charge in [-0.25, -0.2) is 0 Å². The van der Waals surface area contributed by atoms with Gasteiger partial charge in [-0.2, -0.15) is 11.8 Å². The van der Waals surface area contributed by atoms with Gasteiger partial charge in [-0.05, 0) is 44.7 Å². The number of carbonyl (C=O) groups excluding carboxylic acids is 1. The van der Waals surface area contributed by atoms with Gasteiger partial charge in [0.2, 0.25) is 5.91 Å². The minimum Gasteiger partial charge on any atom is -0.467 e. The Balaban J connectivity index is 1.46. The van der Waals surface area contributed by atoms with Crippen molar-refractivity contribution in [2.45, 2.75) is 44.8 Å². The molecule has 2 heterocycles. The summed E-state index contributed by atoms with van der Waals surface area (Å²) in [5.41, 5.74) is 0. The number of nitrogens with zero attached hydrogens (tertiary/aromatic N) is 2. The first-order valence-electron chi connectivity index (χ1n) is 10.3. The van der Waals surface area contributed by atoms with Crippen LogP contribution in [0.5, 0.6) is 0 Å². The number of furan rings is 1. The number of aliphatic hydroxyl groups is 1. The molecular formula is C20H32N4O3S. The van der Waals surface area contributed by atoms with Gasteiger partial charge < -0.3 is 25.1 Å². The van der Waals surface area contributed by atoms with Gasteiger partial charge in [0.15, 0.2) is 5.96 Å². The molecule has 2 aliphatic rings. The summed E-state index contributed by atoms with van der Waals surface area (Å²) in [6.45, 7) is 4.81. The highest BCUT2D eigenvalue weighted by atomic mass is 32.2. The number of hydrogen-bond donors (Lipinski definition) is 3. The maximum atomic E-state index is 12.7. The minimum atomic E-state index is -0.749. The lowest BCUT2D eigenvalue weighted by Crippen LogP contribution is -2.47. The van der Waals surface area contributed by atoms with E-state index in [4.69, 9.17) is 4.42 Å². The van der Waals surface area contributed by atoms with Gasteiger partial charge in [0.05, 0.1) is 12.8 Å². The molecule has 1 aliphatic heterocycles. The first-order chi connectivity index (χ1) is 13.7. The van der Waals surface area contributed by atoms with Crippen LogP contribution in [0.3, 0.4) is 0 Å². The van der Waals surface area contributed by atoms with Crippen LogP contribution in [0.2, 0.25) is 0 Å². The quantitative estimate of drug-likeness (QED) is 0.493. The number of aliphatic imine (C=N–C) groups is 1. The Morgan fingerprint density at radius 1 is 1.36 bits per heavy atom. The highest BCUT2D eigenvalue weighted by Crippen LogP contribution is 2.27. The van der Waals surface area contributed by atoms with Crippen LogP contribution in [-0.4, -0.2) is 65.6 Å². The molecule has 1 aromatic heterocycles. The van der Waals surface area contributed by atoms with Crippen LogP contribution < -0.4 is 10.6 Å². The number of rotatable bonds is 6. The summed E-state index contributed by atoms with van der Waals surface area (Å²) in [4.78, 5) is 19.2.